The minimum absolute atomic E-state index is 0.0735. The molecule has 2 N–H and O–H groups in total. The maximum absolute atomic E-state index is 12.0. The second-order valence-corrected chi connectivity index (χ2v) is 5.42. The molecule has 1 amide bonds. The van der Waals surface area contributed by atoms with Crippen LogP contribution in [0.1, 0.15) is 60.8 Å². The Morgan fingerprint density at radius 1 is 1.50 bits per heavy atom. The van der Waals surface area contributed by atoms with E-state index in [1.54, 1.807) is 0 Å². The van der Waals surface area contributed by atoms with E-state index in [2.05, 4.69) is 15.5 Å². The van der Waals surface area contributed by atoms with Crippen molar-refractivity contribution in [1.82, 2.24) is 15.5 Å². The Morgan fingerprint density at radius 3 is 3.00 bits per heavy atom. The summed E-state index contributed by atoms with van der Waals surface area (Å²) in [7, 11) is 0. The van der Waals surface area contributed by atoms with Gasteiger partial charge in [0.25, 0.3) is 5.91 Å². The summed E-state index contributed by atoms with van der Waals surface area (Å²) in [6, 6.07) is 0. The highest BCUT2D eigenvalue weighted by molar-refractivity contribution is 5.93. The fourth-order valence-electron chi connectivity index (χ4n) is 2.65. The predicted molar refractivity (Wildman–Crippen MR) is 77.9 cm³/mol. The van der Waals surface area contributed by atoms with Gasteiger partial charge in [-0.3, -0.25) is 9.89 Å². The van der Waals surface area contributed by atoms with Crippen LogP contribution in [-0.4, -0.2) is 35.4 Å². The van der Waals surface area contributed by atoms with Crippen LogP contribution in [0.5, 0.6) is 0 Å². The number of H-pyrrole nitrogens is 1. The van der Waals surface area contributed by atoms with Crippen molar-refractivity contribution in [3.05, 3.63) is 17.0 Å². The molecule has 1 unspecified atom stereocenters. The molecule has 1 fully saturated rings. The molecule has 1 aromatic heterocycles. The van der Waals surface area contributed by atoms with E-state index >= 15 is 0 Å². The van der Waals surface area contributed by atoms with Gasteiger partial charge in [-0.25, -0.2) is 0 Å². The Bertz CT molecular complexity index is 436. The molecular weight excluding hydrogens is 254 g/mol. The van der Waals surface area contributed by atoms with E-state index in [0.717, 1.165) is 43.5 Å². The topological polar surface area (TPSA) is 67.0 Å². The summed E-state index contributed by atoms with van der Waals surface area (Å²) in [5.74, 6) is -0.0735. The summed E-state index contributed by atoms with van der Waals surface area (Å²) in [5.41, 5.74) is 2.53. The Hall–Kier alpha value is -1.36. The van der Waals surface area contributed by atoms with E-state index in [0.29, 0.717) is 18.3 Å². The zero-order valence-electron chi connectivity index (χ0n) is 12.5. The predicted octanol–water partition coefficient (Wildman–Crippen LogP) is 2.36. The zero-order chi connectivity index (χ0) is 14.4. The first-order valence-corrected chi connectivity index (χ1v) is 7.66. The number of hydrogen-bond acceptors (Lipinski definition) is 3. The number of carbonyl (C=O) groups excluding carboxylic acids is 1. The van der Waals surface area contributed by atoms with E-state index in [1.165, 1.54) is 12.8 Å². The summed E-state index contributed by atoms with van der Waals surface area (Å²) in [6.07, 6.45) is 6.91. The number of unbranched alkanes of at least 4 members (excludes halogenated alkanes) is 1. The zero-order valence-corrected chi connectivity index (χ0v) is 12.5. The number of nitrogens with one attached hydrogen (secondary N) is 2. The molecule has 0 radical (unpaired) electrons. The summed E-state index contributed by atoms with van der Waals surface area (Å²) >= 11 is 0. The van der Waals surface area contributed by atoms with Gasteiger partial charge in [-0.2, -0.15) is 5.10 Å². The highest BCUT2D eigenvalue weighted by Crippen LogP contribution is 2.17. The minimum Gasteiger partial charge on any atom is -0.378 e. The molecule has 0 saturated carbocycles. The van der Waals surface area contributed by atoms with Crippen LogP contribution in [0, 0.1) is 6.92 Å². The van der Waals surface area contributed by atoms with E-state index < -0.39 is 0 Å². The summed E-state index contributed by atoms with van der Waals surface area (Å²) in [5, 5.41) is 9.95. The fraction of sp³-hybridized carbons (Fsp3) is 0.733. The van der Waals surface area contributed by atoms with Crippen LogP contribution in [0.3, 0.4) is 0 Å². The Balaban J connectivity index is 1.65. The van der Waals surface area contributed by atoms with Crippen molar-refractivity contribution in [1.29, 1.82) is 0 Å². The number of ether oxygens (including phenoxy) is 1. The van der Waals surface area contributed by atoms with Gasteiger partial charge in [0.1, 0.15) is 0 Å². The molecule has 5 heteroatoms. The molecule has 1 saturated heterocycles. The minimum atomic E-state index is -0.0735. The van der Waals surface area contributed by atoms with Crippen molar-refractivity contribution in [2.45, 2.75) is 58.5 Å². The lowest BCUT2D eigenvalue weighted by atomic mass is 10.1. The second kappa shape index (κ2) is 7.43. The third-order valence-corrected chi connectivity index (χ3v) is 3.94. The standard InChI is InChI=1S/C15H25N3O2/c1-3-13-11(2)14(18-17-13)15(19)16-9-5-4-7-12-8-6-10-20-12/h12H,3-10H2,1-2H3,(H,16,19)(H,17,18). The number of carbonyl (C=O) groups is 1. The van der Waals surface area contributed by atoms with Gasteiger partial charge in [-0.1, -0.05) is 6.92 Å². The van der Waals surface area contributed by atoms with Crippen LogP contribution in [0.2, 0.25) is 0 Å². The van der Waals surface area contributed by atoms with E-state index in [1.807, 2.05) is 13.8 Å². The molecule has 1 aliphatic rings. The van der Waals surface area contributed by atoms with Crippen molar-refractivity contribution in [2.24, 2.45) is 0 Å². The van der Waals surface area contributed by atoms with Gasteiger partial charge < -0.3 is 10.1 Å². The number of hydrogen-bond donors (Lipinski definition) is 2. The van der Waals surface area contributed by atoms with Crippen molar-refractivity contribution in [3.63, 3.8) is 0 Å². The molecule has 1 aromatic rings. The maximum Gasteiger partial charge on any atom is 0.272 e. The molecule has 20 heavy (non-hydrogen) atoms. The lowest BCUT2D eigenvalue weighted by molar-refractivity contribution is 0.0942. The van der Waals surface area contributed by atoms with Crippen LogP contribution < -0.4 is 5.32 Å². The monoisotopic (exact) mass is 279 g/mol. The quantitative estimate of drug-likeness (QED) is 0.753. The number of aromatic amines is 1. The Morgan fingerprint density at radius 2 is 2.35 bits per heavy atom. The summed E-state index contributed by atoms with van der Waals surface area (Å²) in [6.45, 7) is 5.61. The third-order valence-electron chi connectivity index (χ3n) is 3.94. The van der Waals surface area contributed by atoms with Crippen molar-refractivity contribution in [3.8, 4) is 0 Å². The van der Waals surface area contributed by atoms with E-state index in [9.17, 15) is 4.79 Å². The van der Waals surface area contributed by atoms with Gasteiger partial charge in [0, 0.05) is 24.4 Å². The molecule has 1 atom stereocenters. The molecular formula is C15H25N3O2. The first-order valence-electron chi connectivity index (χ1n) is 7.66. The third kappa shape index (κ3) is 3.82. The first kappa shape index (κ1) is 15.0. The fourth-order valence-corrected chi connectivity index (χ4v) is 2.65. The lowest BCUT2D eigenvalue weighted by Crippen LogP contribution is -2.25. The van der Waals surface area contributed by atoms with Crippen molar-refractivity contribution in [2.75, 3.05) is 13.2 Å². The Kier molecular flexibility index (Phi) is 5.59. The van der Waals surface area contributed by atoms with Gasteiger partial charge in [0.05, 0.1) is 6.10 Å². The smallest absolute Gasteiger partial charge is 0.272 e. The highest BCUT2D eigenvalue weighted by atomic mass is 16.5. The lowest BCUT2D eigenvalue weighted by Gasteiger charge is -2.09. The van der Waals surface area contributed by atoms with Gasteiger partial charge in [-0.05, 0) is 45.4 Å². The average molecular weight is 279 g/mol. The number of amides is 1. The molecule has 1 aliphatic heterocycles. The second-order valence-electron chi connectivity index (χ2n) is 5.42. The van der Waals surface area contributed by atoms with E-state index in [4.69, 9.17) is 4.74 Å². The number of nitrogens with zero attached hydrogens (tertiary/aromatic N) is 1. The number of rotatable bonds is 7. The van der Waals surface area contributed by atoms with Gasteiger partial charge in [-0.15, -0.1) is 0 Å². The molecule has 0 aromatic carbocycles. The normalized spacial score (nSPS) is 18.4. The molecule has 2 rings (SSSR count). The summed E-state index contributed by atoms with van der Waals surface area (Å²) < 4.78 is 5.58. The van der Waals surface area contributed by atoms with Crippen LogP contribution >= 0.6 is 0 Å². The largest absolute Gasteiger partial charge is 0.378 e. The molecule has 0 aliphatic carbocycles. The maximum atomic E-state index is 12.0. The van der Waals surface area contributed by atoms with Gasteiger partial charge in [0.2, 0.25) is 0 Å². The van der Waals surface area contributed by atoms with Crippen LogP contribution in [-0.2, 0) is 11.2 Å². The SMILES string of the molecule is CCc1[nH]nc(C(=O)NCCCCC2CCCO2)c1C. The average Bonchev–Trinajstić information content (AvgIpc) is 3.07. The molecule has 0 spiro atoms. The number of aromatic nitrogens is 2. The molecule has 0 bridgehead atoms. The van der Waals surface area contributed by atoms with Gasteiger partial charge in [0.15, 0.2) is 5.69 Å². The molecule has 2 heterocycles. The van der Waals surface area contributed by atoms with E-state index in [-0.39, 0.29) is 5.91 Å². The van der Waals surface area contributed by atoms with Crippen LogP contribution in [0.4, 0.5) is 0 Å². The summed E-state index contributed by atoms with van der Waals surface area (Å²) in [4.78, 5) is 12.0. The van der Waals surface area contributed by atoms with Crippen molar-refractivity contribution < 1.29 is 9.53 Å². The van der Waals surface area contributed by atoms with Gasteiger partial charge >= 0.3 is 0 Å². The Labute approximate surface area is 120 Å². The molecule has 5 nitrogen and oxygen atoms in total. The van der Waals surface area contributed by atoms with Crippen molar-refractivity contribution >= 4 is 5.91 Å². The molecule has 112 valence electrons. The number of aryl methyl sites for hydroxylation is 1. The van der Waals surface area contributed by atoms with Crippen LogP contribution in [0.25, 0.3) is 0 Å². The first-order chi connectivity index (χ1) is 9.72. The van der Waals surface area contributed by atoms with Crippen LogP contribution in [0.15, 0.2) is 0 Å². The highest BCUT2D eigenvalue weighted by Gasteiger charge is 2.16.